The molecule has 0 aliphatic carbocycles. The Morgan fingerprint density at radius 2 is 1.84 bits per heavy atom. The van der Waals surface area contributed by atoms with Gasteiger partial charge in [-0.15, -0.1) is 0 Å². The normalized spacial score (nSPS) is 37.7. The Hall–Kier alpha value is -1.22. The SMILES string of the molecule is C[C@H]1O[C@@H](NC(=O)C(N)C(N)=O)[C@@H]2OC(C)(C)O[C@@H]21. The molecule has 2 amide bonds. The van der Waals surface area contributed by atoms with Crippen molar-refractivity contribution in [1.29, 1.82) is 0 Å². The minimum absolute atomic E-state index is 0.234. The highest BCUT2D eigenvalue weighted by atomic mass is 16.8. The first-order chi connectivity index (χ1) is 8.71. The summed E-state index contributed by atoms with van der Waals surface area (Å²) in [7, 11) is 0. The summed E-state index contributed by atoms with van der Waals surface area (Å²) in [6.07, 6.45) is -1.65. The van der Waals surface area contributed by atoms with Crippen molar-refractivity contribution in [2.24, 2.45) is 11.5 Å². The van der Waals surface area contributed by atoms with Crippen LogP contribution in [0, 0.1) is 0 Å². The average molecular weight is 273 g/mol. The Morgan fingerprint density at radius 1 is 1.26 bits per heavy atom. The van der Waals surface area contributed by atoms with Crippen LogP contribution in [-0.4, -0.2) is 48.2 Å². The lowest BCUT2D eigenvalue weighted by molar-refractivity contribution is -0.189. The zero-order valence-electron chi connectivity index (χ0n) is 11.1. The number of hydrogen-bond donors (Lipinski definition) is 3. The molecule has 0 aromatic rings. The van der Waals surface area contributed by atoms with Crippen LogP contribution in [-0.2, 0) is 23.8 Å². The lowest BCUT2D eigenvalue weighted by Gasteiger charge is -2.24. The topological polar surface area (TPSA) is 126 Å². The molecule has 0 aromatic carbocycles. The van der Waals surface area contributed by atoms with Crippen LogP contribution in [0.3, 0.4) is 0 Å². The fourth-order valence-electron chi connectivity index (χ4n) is 2.28. The van der Waals surface area contributed by atoms with Crippen LogP contribution in [0.5, 0.6) is 0 Å². The van der Waals surface area contributed by atoms with E-state index in [1.54, 1.807) is 13.8 Å². The summed E-state index contributed by atoms with van der Waals surface area (Å²) in [6, 6.07) is -1.41. The van der Waals surface area contributed by atoms with Crippen molar-refractivity contribution in [3.8, 4) is 0 Å². The molecule has 8 nitrogen and oxygen atoms in total. The number of nitrogens with one attached hydrogen (secondary N) is 1. The molecule has 2 aliphatic rings. The second-order valence-corrected chi connectivity index (χ2v) is 5.22. The number of carbonyl (C=O) groups excluding carboxylic acids is 2. The summed E-state index contributed by atoms with van der Waals surface area (Å²) < 4.78 is 16.9. The second-order valence-electron chi connectivity index (χ2n) is 5.22. The number of hydrogen-bond acceptors (Lipinski definition) is 6. The summed E-state index contributed by atoms with van der Waals surface area (Å²) in [4.78, 5) is 22.5. The Kier molecular flexibility index (Phi) is 3.52. The van der Waals surface area contributed by atoms with Gasteiger partial charge in [0.2, 0.25) is 11.8 Å². The Bertz CT molecular complexity index is 400. The molecule has 108 valence electrons. The average Bonchev–Trinajstić information content (AvgIpc) is 2.74. The predicted octanol–water partition coefficient (Wildman–Crippen LogP) is -1.82. The van der Waals surface area contributed by atoms with E-state index in [1.165, 1.54) is 0 Å². The molecule has 5 N–H and O–H groups in total. The van der Waals surface area contributed by atoms with Crippen molar-refractivity contribution in [3.63, 3.8) is 0 Å². The molecular weight excluding hydrogens is 254 g/mol. The number of carbonyl (C=O) groups is 2. The molecule has 0 saturated carbocycles. The standard InChI is InChI=1S/C11H19N3O5/c1-4-6-7(19-11(2,3)18-6)10(17-4)14-9(16)5(12)8(13)15/h4-7,10H,12H2,1-3H3,(H2,13,15)(H,14,16)/t4-,5?,6-,7-,10-/m1/s1. The monoisotopic (exact) mass is 273 g/mol. The highest BCUT2D eigenvalue weighted by Gasteiger charge is 2.54. The minimum Gasteiger partial charge on any atom is -0.368 e. The van der Waals surface area contributed by atoms with Crippen molar-refractivity contribution in [3.05, 3.63) is 0 Å². The van der Waals surface area contributed by atoms with Crippen LogP contribution >= 0.6 is 0 Å². The van der Waals surface area contributed by atoms with Gasteiger partial charge in [-0.2, -0.15) is 0 Å². The van der Waals surface area contributed by atoms with E-state index in [-0.39, 0.29) is 12.2 Å². The molecule has 5 atom stereocenters. The molecule has 0 aromatic heterocycles. The molecular formula is C11H19N3O5. The first-order valence-corrected chi connectivity index (χ1v) is 6.07. The molecule has 2 rings (SSSR count). The number of amides is 2. The van der Waals surface area contributed by atoms with Gasteiger partial charge in [-0.3, -0.25) is 9.59 Å². The van der Waals surface area contributed by atoms with Crippen LogP contribution in [0.2, 0.25) is 0 Å². The predicted molar refractivity (Wildman–Crippen MR) is 63.5 cm³/mol. The fraction of sp³-hybridized carbons (Fsp3) is 0.818. The molecule has 19 heavy (non-hydrogen) atoms. The smallest absolute Gasteiger partial charge is 0.248 e. The maximum absolute atomic E-state index is 11.7. The van der Waals surface area contributed by atoms with Crippen LogP contribution in [0.25, 0.3) is 0 Å². The van der Waals surface area contributed by atoms with E-state index in [2.05, 4.69) is 5.32 Å². The number of primary amides is 1. The molecule has 0 radical (unpaired) electrons. The van der Waals surface area contributed by atoms with E-state index in [1.807, 2.05) is 6.92 Å². The van der Waals surface area contributed by atoms with Crippen molar-refractivity contribution >= 4 is 11.8 Å². The highest BCUT2D eigenvalue weighted by Crippen LogP contribution is 2.37. The van der Waals surface area contributed by atoms with Crippen molar-refractivity contribution < 1.29 is 23.8 Å². The maximum Gasteiger partial charge on any atom is 0.248 e. The van der Waals surface area contributed by atoms with Crippen LogP contribution in [0.4, 0.5) is 0 Å². The largest absolute Gasteiger partial charge is 0.368 e. The maximum atomic E-state index is 11.7. The summed E-state index contributed by atoms with van der Waals surface area (Å²) in [5.41, 5.74) is 10.3. The van der Waals surface area contributed by atoms with E-state index in [0.29, 0.717) is 0 Å². The number of nitrogens with two attached hydrogens (primary N) is 2. The van der Waals surface area contributed by atoms with Gasteiger partial charge in [0.1, 0.15) is 12.2 Å². The first-order valence-electron chi connectivity index (χ1n) is 6.07. The Balaban J connectivity index is 2.02. The van der Waals surface area contributed by atoms with Gasteiger partial charge in [0.15, 0.2) is 18.1 Å². The Morgan fingerprint density at radius 3 is 2.42 bits per heavy atom. The molecule has 2 fully saturated rings. The van der Waals surface area contributed by atoms with E-state index in [4.69, 9.17) is 25.7 Å². The molecule has 0 bridgehead atoms. The van der Waals surface area contributed by atoms with Gasteiger partial charge < -0.3 is 31.0 Å². The number of fused-ring (bicyclic) bond motifs is 1. The van der Waals surface area contributed by atoms with E-state index in [9.17, 15) is 9.59 Å². The van der Waals surface area contributed by atoms with Crippen LogP contribution in [0.1, 0.15) is 20.8 Å². The van der Waals surface area contributed by atoms with Crippen LogP contribution < -0.4 is 16.8 Å². The van der Waals surface area contributed by atoms with Crippen molar-refractivity contribution in [2.45, 2.75) is 57.1 Å². The van der Waals surface area contributed by atoms with Crippen LogP contribution in [0.15, 0.2) is 0 Å². The molecule has 2 aliphatic heterocycles. The zero-order valence-corrected chi connectivity index (χ0v) is 11.1. The van der Waals surface area contributed by atoms with Gasteiger partial charge in [-0.05, 0) is 20.8 Å². The van der Waals surface area contributed by atoms with Crippen molar-refractivity contribution in [2.75, 3.05) is 0 Å². The van der Waals surface area contributed by atoms with E-state index >= 15 is 0 Å². The van der Waals surface area contributed by atoms with E-state index in [0.717, 1.165) is 0 Å². The summed E-state index contributed by atoms with van der Waals surface area (Å²) in [5, 5.41) is 2.51. The molecule has 0 spiro atoms. The molecule has 1 unspecified atom stereocenters. The van der Waals surface area contributed by atoms with Gasteiger partial charge in [0.25, 0.3) is 0 Å². The molecule has 8 heteroatoms. The van der Waals surface area contributed by atoms with Gasteiger partial charge in [0.05, 0.1) is 6.10 Å². The summed E-state index contributed by atoms with van der Waals surface area (Å²) >= 11 is 0. The highest BCUT2D eigenvalue weighted by molar-refractivity contribution is 6.03. The van der Waals surface area contributed by atoms with Gasteiger partial charge in [-0.1, -0.05) is 0 Å². The van der Waals surface area contributed by atoms with Gasteiger partial charge in [0, 0.05) is 0 Å². The quantitative estimate of drug-likeness (QED) is 0.520. The number of ether oxygens (including phenoxy) is 3. The Labute approximate surface area is 110 Å². The lowest BCUT2D eigenvalue weighted by atomic mass is 10.1. The number of rotatable bonds is 3. The van der Waals surface area contributed by atoms with Gasteiger partial charge >= 0.3 is 0 Å². The zero-order chi connectivity index (χ0) is 14.4. The third-order valence-electron chi connectivity index (χ3n) is 3.16. The van der Waals surface area contributed by atoms with Gasteiger partial charge in [-0.25, -0.2) is 0 Å². The fourth-order valence-corrected chi connectivity index (χ4v) is 2.28. The lowest BCUT2D eigenvalue weighted by Crippen LogP contribution is -2.54. The third kappa shape index (κ3) is 2.71. The first kappa shape index (κ1) is 14.2. The third-order valence-corrected chi connectivity index (χ3v) is 3.16. The van der Waals surface area contributed by atoms with Crippen molar-refractivity contribution in [1.82, 2.24) is 5.32 Å². The summed E-state index contributed by atoms with van der Waals surface area (Å²) in [6.45, 7) is 5.39. The minimum atomic E-state index is -1.41. The van der Waals surface area contributed by atoms with E-state index < -0.39 is 36.0 Å². The summed E-state index contributed by atoms with van der Waals surface area (Å²) in [5.74, 6) is -2.33. The molecule has 2 saturated heterocycles. The second kappa shape index (κ2) is 4.71. The molecule has 2 heterocycles.